The Balaban J connectivity index is 3.03. The van der Waals surface area contributed by atoms with Crippen molar-refractivity contribution < 1.29 is 20.0 Å². The van der Waals surface area contributed by atoms with E-state index < -0.39 is 5.79 Å². The molecule has 0 radical (unpaired) electrons. The van der Waals surface area contributed by atoms with E-state index in [1.807, 2.05) is 0 Å². The largest absolute Gasteiger partial charge is 0.354 e. The maximum absolute atomic E-state index is 10.3. The minimum Gasteiger partial charge on any atom is -0.354 e. The highest BCUT2D eigenvalue weighted by Gasteiger charge is 2.29. The van der Waals surface area contributed by atoms with Crippen molar-refractivity contribution >= 4 is 6.29 Å². The molecular weight excluding hydrogens is 160 g/mol. The fourth-order valence-corrected chi connectivity index (χ4v) is 0.819. The van der Waals surface area contributed by atoms with Crippen molar-refractivity contribution in [2.75, 3.05) is 0 Å². The zero-order valence-electron chi connectivity index (χ0n) is 6.18. The van der Waals surface area contributed by atoms with Crippen molar-refractivity contribution in [3.05, 3.63) is 35.9 Å². The summed E-state index contributed by atoms with van der Waals surface area (Å²) in [4.78, 5) is 14.0. The van der Waals surface area contributed by atoms with Crippen LogP contribution in [0.2, 0.25) is 0 Å². The number of hydrogen-bond donors (Lipinski definition) is 2. The molecule has 0 amide bonds. The summed E-state index contributed by atoms with van der Waals surface area (Å²) in [6, 6.07) is 7.87. The van der Waals surface area contributed by atoms with Gasteiger partial charge in [-0.15, -0.1) is 0 Å². The van der Waals surface area contributed by atoms with Crippen LogP contribution in [-0.2, 0) is 15.5 Å². The van der Waals surface area contributed by atoms with Crippen molar-refractivity contribution in [2.24, 2.45) is 0 Å². The lowest BCUT2D eigenvalue weighted by Crippen LogP contribution is -2.29. The molecule has 0 aliphatic carbocycles. The molecule has 1 atom stereocenters. The van der Waals surface area contributed by atoms with Crippen LogP contribution in [0.3, 0.4) is 0 Å². The van der Waals surface area contributed by atoms with Crippen molar-refractivity contribution in [3.63, 3.8) is 0 Å². The molecule has 0 bridgehead atoms. The highest BCUT2D eigenvalue weighted by molar-refractivity contribution is 5.63. The maximum atomic E-state index is 10.3. The fraction of sp³-hybridized carbons (Fsp3) is 0.125. The molecule has 1 aromatic carbocycles. The summed E-state index contributed by atoms with van der Waals surface area (Å²) >= 11 is 0. The van der Waals surface area contributed by atoms with Crippen LogP contribution >= 0.6 is 0 Å². The highest BCUT2D eigenvalue weighted by Crippen LogP contribution is 2.18. The molecule has 0 aromatic heterocycles. The average Bonchev–Trinajstić information content (AvgIpc) is 2.18. The molecule has 0 spiro atoms. The molecule has 0 saturated carbocycles. The fourth-order valence-electron chi connectivity index (χ4n) is 0.819. The van der Waals surface area contributed by atoms with E-state index in [9.17, 15) is 9.90 Å². The summed E-state index contributed by atoms with van der Waals surface area (Å²) in [6.45, 7) is 0. The van der Waals surface area contributed by atoms with Crippen molar-refractivity contribution in [2.45, 2.75) is 5.79 Å². The Labute approximate surface area is 69.0 Å². The topological polar surface area (TPSA) is 66.8 Å². The number of hydrogen-bond acceptors (Lipinski definition) is 4. The van der Waals surface area contributed by atoms with Crippen molar-refractivity contribution in [1.29, 1.82) is 0 Å². The smallest absolute Gasteiger partial charge is 0.281 e. The summed E-state index contributed by atoms with van der Waals surface area (Å²) in [5.74, 6) is -2.25. The van der Waals surface area contributed by atoms with Crippen LogP contribution in [-0.4, -0.2) is 16.6 Å². The summed E-state index contributed by atoms with van der Waals surface area (Å²) in [6.07, 6.45) is 0.113. The Kier molecular flexibility index (Phi) is 2.54. The van der Waals surface area contributed by atoms with Crippen molar-refractivity contribution in [1.82, 2.24) is 0 Å². The van der Waals surface area contributed by atoms with Gasteiger partial charge in [-0.05, 0) is 0 Å². The molecule has 0 saturated heterocycles. The molecule has 4 heteroatoms. The van der Waals surface area contributed by atoms with Crippen LogP contribution in [0.25, 0.3) is 0 Å². The molecule has 1 rings (SSSR count). The standard InChI is InChI=1S/C8H8O4/c9-6-8(10,12-11)7-4-2-1-3-5-7/h1-6,10-11H. The third-order valence-corrected chi connectivity index (χ3v) is 1.49. The molecule has 4 nitrogen and oxygen atoms in total. The maximum Gasteiger partial charge on any atom is 0.281 e. The number of carbonyl (C=O) groups excluding carboxylic acids is 1. The normalized spacial score (nSPS) is 15.2. The second-order valence-electron chi connectivity index (χ2n) is 2.27. The van der Waals surface area contributed by atoms with E-state index in [0.29, 0.717) is 0 Å². The second-order valence-corrected chi connectivity index (χ2v) is 2.27. The van der Waals surface area contributed by atoms with Gasteiger partial charge in [-0.1, -0.05) is 30.3 Å². The molecule has 12 heavy (non-hydrogen) atoms. The number of aliphatic hydroxyl groups is 1. The lowest BCUT2D eigenvalue weighted by molar-refractivity contribution is -0.376. The molecule has 0 aliphatic heterocycles. The van der Waals surface area contributed by atoms with Crippen LogP contribution in [0.5, 0.6) is 0 Å². The van der Waals surface area contributed by atoms with E-state index in [0.717, 1.165) is 0 Å². The Morgan fingerprint density at radius 3 is 2.33 bits per heavy atom. The molecule has 1 unspecified atom stereocenters. The van der Waals surface area contributed by atoms with Gasteiger partial charge in [0.05, 0.1) is 0 Å². The second kappa shape index (κ2) is 3.44. The summed E-state index contributed by atoms with van der Waals surface area (Å²) in [7, 11) is 0. The summed E-state index contributed by atoms with van der Waals surface area (Å²) < 4.78 is 0. The van der Waals surface area contributed by atoms with E-state index in [2.05, 4.69) is 4.89 Å². The van der Waals surface area contributed by atoms with E-state index in [4.69, 9.17) is 5.26 Å². The zero-order valence-corrected chi connectivity index (χ0v) is 6.18. The first kappa shape index (κ1) is 8.86. The first-order valence-corrected chi connectivity index (χ1v) is 3.30. The first-order valence-electron chi connectivity index (χ1n) is 3.30. The van der Waals surface area contributed by atoms with Crippen LogP contribution in [0.1, 0.15) is 5.56 Å². The lowest BCUT2D eigenvalue weighted by atomic mass is 10.1. The molecule has 1 aromatic rings. The highest BCUT2D eigenvalue weighted by atomic mass is 17.1. The summed E-state index contributed by atoms with van der Waals surface area (Å²) in [5.41, 5.74) is 0.183. The van der Waals surface area contributed by atoms with Gasteiger partial charge >= 0.3 is 0 Å². The predicted octanol–water partition coefficient (Wildman–Crippen LogP) is 0.520. The number of benzene rings is 1. The average molecular weight is 168 g/mol. The molecule has 2 N–H and O–H groups in total. The van der Waals surface area contributed by atoms with E-state index in [1.54, 1.807) is 18.2 Å². The van der Waals surface area contributed by atoms with Crippen LogP contribution in [0.4, 0.5) is 0 Å². The Hall–Kier alpha value is -1.23. The van der Waals surface area contributed by atoms with Gasteiger partial charge in [0.15, 0.2) is 6.29 Å². The third-order valence-electron chi connectivity index (χ3n) is 1.49. The first-order chi connectivity index (χ1) is 5.73. The van der Waals surface area contributed by atoms with Gasteiger partial charge in [0.25, 0.3) is 5.79 Å². The van der Waals surface area contributed by atoms with Gasteiger partial charge in [-0.25, -0.2) is 5.26 Å². The van der Waals surface area contributed by atoms with Gasteiger partial charge < -0.3 is 5.11 Å². The molecule has 0 fully saturated rings. The lowest BCUT2D eigenvalue weighted by Gasteiger charge is -2.16. The molecule has 0 heterocycles. The van der Waals surface area contributed by atoms with Gasteiger partial charge in [-0.3, -0.25) is 4.79 Å². The number of rotatable bonds is 3. The summed E-state index contributed by atoms with van der Waals surface area (Å²) in [5, 5.41) is 17.5. The van der Waals surface area contributed by atoms with E-state index in [-0.39, 0.29) is 11.8 Å². The van der Waals surface area contributed by atoms with Crippen molar-refractivity contribution in [3.8, 4) is 0 Å². The van der Waals surface area contributed by atoms with E-state index >= 15 is 0 Å². The van der Waals surface area contributed by atoms with Gasteiger partial charge in [0, 0.05) is 5.56 Å². The Morgan fingerprint density at radius 2 is 1.92 bits per heavy atom. The Bertz CT molecular complexity index is 259. The predicted molar refractivity (Wildman–Crippen MR) is 40.1 cm³/mol. The minimum absolute atomic E-state index is 0.113. The zero-order chi connectivity index (χ0) is 9.03. The van der Waals surface area contributed by atoms with E-state index in [1.165, 1.54) is 12.1 Å². The SMILES string of the molecule is O=CC(O)(OO)c1ccccc1. The van der Waals surface area contributed by atoms with Crippen LogP contribution in [0, 0.1) is 0 Å². The van der Waals surface area contributed by atoms with Crippen LogP contribution in [0.15, 0.2) is 30.3 Å². The number of aldehydes is 1. The van der Waals surface area contributed by atoms with Gasteiger partial charge in [0.1, 0.15) is 0 Å². The minimum atomic E-state index is -2.25. The van der Waals surface area contributed by atoms with Gasteiger partial charge in [-0.2, -0.15) is 4.89 Å². The molecule has 0 aliphatic rings. The molecular formula is C8H8O4. The monoisotopic (exact) mass is 168 g/mol. The number of carbonyl (C=O) groups is 1. The Morgan fingerprint density at radius 1 is 1.33 bits per heavy atom. The third kappa shape index (κ3) is 1.50. The quantitative estimate of drug-likeness (QED) is 0.299. The molecule has 64 valence electrons. The van der Waals surface area contributed by atoms with Crippen LogP contribution < -0.4 is 0 Å². The van der Waals surface area contributed by atoms with Gasteiger partial charge in [0.2, 0.25) is 0 Å².